The van der Waals surface area contributed by atoms with Crippen molar-refractivity contribution < 1.29 is 8.42 Å². The molecular formula is C14H25N3O2S. The first-order chi connectivity index (χ1) is 9.35. The van der Waals surface area contributed by atoms with Gasteiger partial charge in [0.05, 0.1) is 4.90 Å². The number of aromatic nitrogens is 1. The molecule has 2 rings (SSSR count). The third kappa shape index (κ3) is 3.42. The molecule has 1 aromatic heterocycles. The van der Waals surface area contributed by atoms with Crippen LogP contribution in [0.3, 0.4) is 0 Å². The first-order valence-corrected chi connectivity index (χ1v) is 8.61. The highest BCUT2D eigenvalue weighted by atomic mass is 32.2. The van der Waals surface area contributed by atoms with Crippen LogP contribution >= 0.6 is 0 Å². The van der Waals surface area contributed by atoms with Gasteiger partial charge in [0, 0.05) is 31.5 Å². The standard InChI is InChI=1S/C14H25N3O2S/c1-14(2)5-4-7-17(8-6-14)20(18,19)13-9-12(10-15-3)16-11-13/h9,11,15-16H,4-8,10H2,1-3H3. The minimum absolute atomic E-state index is 0.236. The first kappa shape index (κ1) is 15.5. The maximum absolute atomic E-state index is 12.7. The maximum atomic E-state index is 12.7. The molecule has 1 aromatic rings. The average molecular weight is 299 g/mol. The van der Waals surface area contributed by atoms with Gasteiger partial charge in [0.15, 0.2) is 0 Å². The average Bonchev–Trinajstić information content (AvgIpc) is 2.75. The van der Waals surface area contributed by atoms with Crippen molar-refractivity contribution in [2.75, 3.05) is 20.1 Å². The Morgan fingerprint density at radius 3 is 2.80 bits per heavy atom. The van der Waals surface area contributed by atoms with E-state index < -0.39 is 10.0 Å². The summed E-state index contributed by atoms with van der Waals surface area (Å²) in [4.78, 5) is 3.39. The molecular weight excluding hydrogens is 274 g/mol. The highest BCUT2D eigenvalue weighted by molar-refractivity contribution is 7.89. The van der Waals surface area contributed by atoms with Crippen LogP contribution in [0.1, 0.15) is 38.8 Å². The molecule has 5 nitrogen and oxygen atoms in total. The summed E-state index contributed by atoms with van der Waals surface area (Å²) >= 11 is 0. The summed E-state index contributed by atoms with van der Waals surface area (Å²) in [6.07, 6.45) is 4.52. The fourth-order valence-electron chi connectivity index (χ4n) is 2.65. The van der Waals surface area contributed by atoms with E-state index in [4.69, 9.17) is 0 Å². The number of aromatic amines is 1. The van der Waals surface area contributed by atoms with Gasteiger partial charge >= 0.3 is 0 Å². The Balaban J connectivity index is 2.16. The smallest absolute Gasteiger partial charge is 0.244 e. The zero-order chi connectivity index (χ0) is 14.8. The second-order valence-corrected chi connectivity index (χ2v) is 8.25. The molecule has 0 radical (unpaired) electrons. The van der Waals surface area contributed by atoms with Gasteiger partial charge in [-0.15, -0.1) is 0 Å². The molecule has 114 valence electrons. The van der Waals surface area contributed by atoms with Crippen molar-refractivity contribution in [1.82, 2.24) is 14.6 Å². The number of rotatable bonds is 4. The third-order valence-electron chi connectivity index (χ3n) is 4.02. The number of hydrogen-bond acceptors (Lipinski definition) is 3. The van der Waals surface area contributed by atoms with Crippen molar-refractivity contribution in [3.8, 4) is 0 Å². The van der Waals surface area contributed by atoms with E-state index in [1.165, 1.54) is 0 Å². The van der Waals surface area contributed by atoms with Gasteiger partial charge in [0.1, 0.15) is 0 Å². The number of nitrogens with zero attached hydrogens (tertiary/aromatic N) is 1. The van der Waals surface area contributed by atoms with Gasteiger partial charge in [-0.3, -0.25) is 0 Å². The van der Waals surface area contributed by atoms with Gasteiger partial charge in [0.2, 0.25) is 10.0 Å². The molecule has 2 heterocycles. The summed E-state index contributed by atoms with van der Waals surface area (Å²) < 4.78 is 26.9. The van der Waals surface area contributed by atoms with Crippen LogP contribution < -0.4 is 5.32 Å². The van der Waals surface area contributed by atoms with Gasteiger partial charge < -0.3 is 10.3 Å². The van der Waals surface area contributed by atoms with Crippen LogP contribution in [0.2, 0.25) is 0 Å². The van der Waals surface area contributed by atoms with Crippen LogP contribution in [0.15, 0.2) is 17.2 Å². The fraction of sp³-hybridized carbons (Fsp3) is 0.714. The number of hydrogen-bond donors (Lipinski definition) is 2. The largest absolute Gasteiger partial charge is 0.363 e. The van der Waals surface area contributed by atoms with Crippen LogP contribution in [0.4, 0.5) is 0 Å². The lowest BCUT2D eigenvalue weighted by molar-refractivity contribution is 0.315. The molecule has 6 heteroatoms. The Labute approximate surface area is 121 Å². The molecule has 2 N–H and O–H groups in total. The monoisotopic (exact) mass is 299 g/mol. The zero-order valence-electron chi connectivity index (χ0n) is 12.6. The molecule has 0 aromatic carbocycles. The minimum Gasteiger partial charge on any atom is -0.363 e. The topological polar surface area (TPSA) is 65.2 Å². The quantitative estimate of drug-likeness (QED) is 0.893. The van der Waals surface area contributed by atoms with E-state index in [1.807, 2.05) is 7.05 Å². The summed E-state index contributed by atoms with van der Waals surface area (Å²) in [5.74, 6) is 0. The molecule has 1 aliphatic heterocycles. The molecule has 0 atom stereocenters. The molecule has 1 saturated heterocycles. The Kier molecular flexibility index (Phi) is 4.56. The summed E-state index contributed by atoms with van der Waals surface area (Å²) in [6, 6.07) is 1.72. The second kappa shape index (κ2) is 5.87. The Morgan fingerprint density at radius 2 is 2.10 bits per heavy atom. The van der Waals surface area contributed by atoms with Gasteiger partial charge in [-0.2, -0.15) is 4.31 Å². The SMILES string of the molecule is CNCc1cc(S(=O)(=O)N2CCCC(C)(C)CC2)c[nH]1. The predicted molar refractivity (Wildman–Crippen MR) is 79.9 cm³/mol. The van der Waals surface area contributed by atoms with Crippen LogP contribution in [-0.4, -0.2) is 37.8 Å². The molecule has 0 saturated carbocycles. The van der Waals surface area contributed by atoms with Crippen LogP contribution in [0.25, 0.3) is 0 Å². The molecule has 0 spiro atoms. The summed E-state index contributed by atoms with van der Waals surface area (Å²) in [5, 5.41) is 3.01. The van der Waals surface area contributed by atoms with Gasteiger partial charge in [-0.05, 0) is 37.8 Å². The van der Waals surface area contributed by atoms with E-state index in [0.717, 1.165) is 25.0 Å². The van der Waals surface area contributed by atoms with Crippen molar-refractivity contribution >= 4 is 10.0 Å². The van der Waals surface area contributed by atoms with E-state index in [9.17, 15) is 8.42 Å². The van der Waals surface area contributed by atoms with Crippen molar-refractivity contribution in [3.05, 3.63) is 18.0 Å². The van der Waals surface area contributed by atoms with E-state index in [2.05, 4.69) is 24.1 Å². The van der Waals surface area contributed by atoms with Crippen molar-refractivity contribution in [2.24, 2.45) is 5.41 Å². The van der Waals surface area contributed by atoms with E-state index >= 15 is 0 Å². The van der Waals surface area contributed by atoms with Gasteiger partial charge in [-0.25, -0.2) is 8.42 Å². The lowest BCUT2D eigenvalue weighted by atomic mass is 9.85. The maximum Gasteiger partial charge on any atom is 0.244 e. The predicted octanol–water partition coefficient (Wildman–Crippen LogP) is 1.93. The summed E-state index contributed by atoms with van der Waals surface area (Å²) in [5.41, 5.74) is 1.13. The van der Waals surface area contributed by atoms with E-state index in [0.29, 0.717) is 24.5 Å². The van der Waals surface area contributed by atoms with Gasteiger partial charge in [-0.1, -0.05) is 13.8 Å². The Bertz CT molecular complexity index is 549. The van der Waals surface area contributed by atoms with E-state index in [-0.39, 0.29) is 5.41 Å². The summed E-state index contributed by atoms with van der Waals surface area (Å²) in [7, 11) is -1.52. The Morgan fingerprint density at radius 1 is 1.35 bits per heavy atom. The second-order valence-electron chi connectivity index (χ2n) is 6.31. The molecule has 0 aliphatic carbocycles. The fourth-order valence-corrected chi connectivity index (χ4v) is 4.15. The van der Waals surface area contributed by atoms with E-state index in [1.54, 1.807) is 16.6 Å². The van der Waals surface area contributed by atoms with Crippen molar-refractivity contribution in [1.29, 1.82) is 0 Å². The normalized spacial score (nSPS) is 20.8. The lowest BCUT2D eigenvalue weighted by Crippen LogP contribution is -2.32. The molecule has 1 fully saturated rings. The molecule has 0 unspecified atom stereocenters. The highest BCUT2D eigenvalue weighted by Crippen LogP contribution is 2.31. The minimum atomic E-state index is -3.36. The van der Waals surface area contributed by atoms with Crippen LogP contribution in [-0.2, 0) is 16.6 Å². The number of sulfonamides is 1. The molecule has 0 bridgehead atoms. The third-order valence-corrected chi connectivity index (χ3v) is 5.90. The molecule has 0 amide bonds. The molecule has 20 heavy (non-hydrogen) atoms. The number of H-pyrrole nitrogens is 1. The van der Waals surface area contributed by atoms with Crippen LogP contribution in [0, 0.1) is 5.41 Å². The number of nitrogens with one attached hydrogen (secondary N) is 2. The van der Waals surface area contributed by atoms with Crippen molar-refractivity contribution in [3.63, 3.8) is 0 Å². The highest BCUT2D eigenvalue weighted by Gasteiger charge is 2.30. The Hall–Kier alpha value is -0.850. The van der Waals surface area contributed by atoms with Crippen molar-refractivity contribution in [2.45, 2.75) is 44.6 Å². The van der Waals surface area contributed by atoms with Gasteiger partial charge in [0.25, 0.3) is 0 Å². The molecule has 1 aliphatic rings. The zero-order valence-corrected chi connectivity index (χ0v) is 13.4. The summed E-state index contributed by atoms with van der Waals surface area (Å²) in [6.45, 7) is 6.30. The first-order valence-electron chi connectivity index (χ1n) is 7.17. The lowest BCUT2D eigenvalue weighted by Gasteiger charge is -2.22. The van der Waals surface area contributed by atoms with Crippen LogP contribution in [0.5, 0.6) is 0 Å².